The van der Waals surface area contributed by atoms with Crippen molar-refractivity contribution in [1.29, 1.82) is 5.26 Å². The highest BCUT2D eigenvalue weighted by Gasteiger charge is 2.62. The molecule has 0 atom stereocenters. The van der Waals surface area contributed by atoms with Crippen LogP contribution in [0.2, 0.25) is 0 Å². The number of ether oxygens (including phenoxy) is 1. The maximum absolute atomic E-state index is 12.3. The third-order valence-corrected chi connectivity index (χ3v) is 5.20. The Morgan fingerprint density at radius 2 is 1.87 bits per heavy atom. The Morgan fingerprint density at radius 1 is 1.22 bits per heavy atom. The Labute approximate surface area is 135 Å². The number of nitrogens with two attached hydrogens (primary N) is 1. The zero-order chi connectivity index (χ0) is 17.0. The number of aromatic nitrogens is 1. The highest BCUT2D eigenvalue weighted by atomic mass is 16.5. The van der Waals surface area contributed by atoms with Crippen LogP contribution in [0.15, 0.2) is 29.2 Å². The highest BCUT2D eigenvalue weighted by molar-refractivity contribution is 5.89. The Balaban J connectivity index is 2.13. The van der Waals surface area contributed by atoms with Crippen molar-refractivity contribution in [3.8, 4) is 11.8 Å². The Bertz CT molecular complexity index is 858. The molecular formula is C18H21N3O2. The van der Waals surface area contributed by atoms with Gasteiger partial charge in [0, 0.05) is 29.1 Å². The molecule has 0 aliphatic heterocycles. The standard InChI is InChI=1S/C18H21N3O2/c1-17(2)15(20)18(3,4)16(17)23-12-6-5-10(9-19)14-13(12)11(22)7-8-21-14/h5-8,15-16H,20H2,1-4H3,(H,21,22). The molecule has 0 saturated heterocycles. The van der Waals surface area contributed by atoms with Crippen molar-refractivity contribution in [2.24, 2.45) is 16.6 Å². The second-order valence-electron chi connectivity index (χ2n) is 7.43. The number of benzene rings is 1. The first-order chi connectivity index (χ1) is 10.7. The second kappa shape index (κ2) is 4.84. The molecule has 2 aromatic rings. The molecule has 1 saturated carbocycles. The molecule has 3 rings (SSSR count). The quantitative estimate of drug-likeness (QED) is 0.891. The summed E-state index contributed by atoms with van der Waals surface area (Å²) >= 11 is 0. The Hall–Kier alpha value is -2.32. The molecule has 1 aliphatic rings. The fourth-order valence-electron chi connectivity index (χ4n) is 4.03. The van der Waals surface area contributed by atoms with Crippen LogP contribution in [0.4, 0.5) is 0 Å². The van der Waals surface area contributed by atoms with Gasteiger partial charge in [0.15, 0.2) is 5.43 Å². The molecule has 0 amide bonds. The lowest BCUT2D eigenvalue weighted by Gasteiger charge is -2.61. The van der Waals surface area contributed by atoms with E-state index in [1.807, 2.05) is 0 Å². The van der Waals surface area contributed by atoms with Gasteiger partial charge in [-0.1, -0.05) is 27.7 Å². The van der Waals surface area contributed by atoms with Crippen LogP contribution in [-0.4, -0.2) is 17.1 Å². The summed E-state index contributed by atoms with van der Waals surface area (Å²) in [5, 5.41) is 9.64. The van der Waals surface area contributed by atoms with Gasteiger partial charge in [-0.2, -0.15) is 5.26 Å². The van der Waals surface area contributed by atoms with Crippen LogP contribution in [0, 0.1) is 22.2 Å². The van der Waals surface area contributed by atoms with Crippen LogP contribution in [0.25, 0.3) is 10.9 Å². The van der Waals surface area contributed by atoms with E-state index in [-0.39, 0.29) is 28.4 Å². The van der Waals surface area contributed by atoms with E-state index in [1.165, 1.54) is 6.07 Å². The molecule has 23 heavy (non-hydrogen) atoms. The number of nitriles is 1. The fourth-order valence-corrected chi connectivity index (χ4v) is 4.03. The van der Waals surface area contributed by atoms with Gasteiger partial charge in [0.2, 0.25) is 0 Å². The summed E-state index contributed by atoms with van der Waals surface area (Å²) in [6, 6.07) is 6.93. The molecule has 120 valence electrons. The van der Waals surface area contributed by atoms with Crippen molar-refractivity contribution < 1.29 is 4.74 Å². The summed E-state index contributed by atoms with van der Waals surface area (Å²) < 4.78 is 6.24. The fraction of sp³-hybridized carbons (Fsp3) is 0.444. The van der Waals surface area contributed by atoms with E-state index in [4.69, 9.17) is 10.5 Å². The first kappa shape index (κ1) is 15.6. The van der Waals surface area contributed by atoms with Crippen molar-refractivity contribution >= 4 is 10.9 Å². The largest absolute Gasteiger partial charge is 0.488 e. The van der Waals surface area contributed by atoms with Gasteiger partial charge < -0.3 is 15.5 Å². The molecule has 1 fully saturated rings. The van der Waals surface area contributed by atoms with Crippen molar-refractivity contribution in [3.63, 3.8) is 0 Å². The summed E-state index contributed by atoms with van der Waals surface area (Å²) in [4.78, 5) is 15.3. The van der Waals surface area contributed by atoms with Gasteiger partial charge in [0.25, 0.3) is 0 Å². The molecule has 0 bridgehead atoms. The number of aromatic amines is 1. The van der Waals surface area contributed by atoms with E-state index < -0.39 is 0 Å². The van der Waals surface area contributed by atoms with Gasteiger partial charge in [-0.3, -0.25) is 4.79 Å². The van der Waals surface area contributed by atoms with Crippen molar-refractivity contribution in [3.05, 3.63) is 40.2 Å². The lowest BCUT2D eigenvalue weighted by Crippen LogP contribution is -2.73. The molecule has 5 nitrogen and oxygen atoms in total. The molecule has 3 N–H and O–H groups in total. The predicted molar refractivity (Wildman–Crippen MR) is 89.2 cm³/mol. The second-order valence-corrected chi connectivity index (χ2v) is 7.43. The highest BCUT2D eigenvalue weighted by Crippen LogP contribution is 2.54. The zero-order valence-corrected chi connectivity index (χ0v) is 13.8. The van der Waals surface area contributed by atoms with E-state index in [0.29, 0.717) is 22.2 Å². The van der Waals surface area contributed by atoms with Gasteiger partial charge in [0.05, 0.1) is 16.5 Å². The SMILES string of the molecule is CC1(C)C(N)C(C)(C)C1Oc1ccc(C#N)c2[nH]ccc(=O)c12. The van der Waals surface area contributed by atoms with Crippen molar-refractivity contribution in [2.75, 3.05) is 0 Å². The first-order valence-corrected chi connectivity index (χ1v) is 7.68. The number of fused-ring (bicyclic) bond motifs is 1. The minimum atomic E-state index is -0.189. The van der Waals surface area contributed by atoms with Crippen molar-refractivity contribution in [2.45, 2.75) is 39.8 Å². The van der Waals surface area contributed by atoms with E-state index in [0.717, 1.165) is 0 Å². The summed E-state index contributed by atoms with van der Waals surface area (Å²) in [7, 11) is 0. The van der Waals surface area contributed by atoms with Crippen LogP contribution in [0.1, 0.15) is 33.3 Å². The van der Waals surface area contributed by atoms with E-state index in [2.05, 4.69) is 38.7 Å². The molecule has 1 heterocycles. The third-order valence-electron chi connectivity index (χ3n) is 5.20. The molecule has 5 heteroatoms. The minimum Gasteiger partial charge on any atom is -0.488 e. The molecule has 1 aliphatic carbocycles. The number of hydrogen-bond acceptors (Lipinski definition) is 4. The minimum absolute atomic E-state index is 0.0166. The molecule has 0 radical (unpaired) electrons. The number of rotatable bonds is 2. The van der Waals surface area contributed by atoms with E-state index >= 15 is 0 Å². The average molecular weight is 311 g/mol. The molecule has 0 spiro atoms. The van der Waals surface area contributed by atoms with Gasteiger partial charge in [-0.05, 0) is 12.1 Å². The first-order valence-electron chi connectivity index (χ1n) is 7.68. The molecule has 1 aromatic carbocycles. The summed E-state index contributed by atoms with van der Waals surface area (Å²) in [5.41, 5.74) is 6.67. The van der Waals surface area contributed by atoms with Crippen LogP contribution in [0.5, 0.6) is 5.75 Å². The average Bonchev–Trinajstić information content (AvgIpc) is 2.51. The summed E-state index contributed by atoms with van der Waals surface area (Å²) in [6.45, 7) is 8.29. The Kier molecular flexibility index (Phi) is 3.27. The number of H-pyrrole nitrogens is 1. The van der Waals surface area contributed by atoms with Gasteiger partial charge in [0.1, 0.15) is 17.9 Å². The predicted octanol–water partition coefficient (Wildman–Crippen LogP) is 2.54. The molecule has 0 unspecified atom stereocenters. The lowest BCUT2D eigenvalue weighted by molar-refractivity contribution is -0.154. The zero-order valence-electron chi connectivity index (χ0n) is 13.8. The van der Waals surface area contributed by atoms with E-state index in [1.54, 1.807) is 18.3 Å². The number of pyridine rings is 1. The lowest BCUT2D eigenvalue weighted by atomic mass is 9.50. The smallest absolute Gasteiger partial charge is 0.193 e. The third kappa shape index (κ3) is 2.06. The number of hydrogen-bond donors (Lipinski definition) is 2. The van der Waals surface area contributed by atoms with Gasteiger partial charge in [-0.25, -0.2) is 0 Å². The van der Waals surface area contributed by atoms with Crippen molar-refractivity contribution in [1.82, 2.24) is 4.98 Å². The topological polar surface area (TPSA) is 91.9 Å². The van der Waals surface area contributed by atoms with Gasteiger partial charge in [-0.15, -0.1) is 0 Å². The molecule has 1 aromatic heterocycles. The van der Waals surface area contributed by atoms with Gasteiger partial charge >= 0.3 is 0 Å². The van der Waals surface area contributed by atoms with Crippen LogP contribution < -0.4 is 15.9 Å². The normalized spacial score (nSPS) is 24.7. The van der Waals surface area contributed by atoms with Crippen LogP contribution >= 0.6 is 0 Å². The monoisotopic (exact) mass is 311 g/mol. The van der Waals surface area contributed by atoms with E-state index in [9.17, 15) is 10.1 Å². The summed E-state index contributed by atoms with van der Waals surface area (Å²) in [5.74, 6) is 0.499. The number of nitrogens with zero attached hydrogens (tertiary/aromatic N) is 1. The number of nitrogens with one attached hydrogen (secondary N) is 1. The Morgan fingerprint density at radius 3 is 2.48 bits per heavy atom. The maximum atomic E-state index is 12.3. The summed E-state index contributed by atoms with van der Waals surface area (Å²) in [6.07, 6.45) is 1.43. The van der Waals surface area contributed by atoms with Crippen LogP contribution in [-0.2, 0) is 0 Å². The van der Waals surface area contributed by atoms with Crippen LogP contribution in [0.3, 0.4) is 0 Å². The maximum Gasteiger partial charge on any atom is 0.193 e. The molecular weight excluding hydrogens is 290 g/mol.